The maximum Gasteiger partial charge on any atom is 0.312 e. The van der Waals surface area contributed by atoms with Crippen LogP contribution >= 0.6 is 0 Å². The van der Waals surface area contributed by atoms with E-state index < -0.39 is 0 Å². The molecular formula is C33H54O4. The van der Waals surface area contributed by atoms with E-state index in [1.807, 2.05) is 0 Å². The van der Waals surface area contributed by atoms with Crippen molar-refractivity contribution < 1.29 is 19.1 Å². The van der Waals surface area contributed by atoms with Crippen molar-refractivity contribution in [3.63, 3.8) is 0 Å². The van der Waals surface area contributed by atoms with Crippen molar-refractivity contribution in [1.29, 1.82) is 0 Å². The summed E-state index contributed by atoms with van der Waals surface area (Å²) in [7, 11) is 1.61. The molecule has 5 aliphatic carbocycles. The number of methoxy groups -OCH3 is 1. The fraction of sp³-hybridized carbons (Fsp3) is 0.939. The second kappa shape index (κ2) is 8.72. The SMILES string of the molecule is COC(=O)C12CC[C@@H](C)[C@H](C)C1C1CC[C@@H]3[C@@]4(C)CCC(OC(C)=O)C(C)(C)[C@@H]4CC[C@@]3(C)[C@]1(C)CC2. The van der Waals surface area contributed by atoms with Crippen molar-refractivity contribution >= 4 is 11.9 Å². The highest BCUT2D eigenvalue weighted by Gasteiger charge is 2.71. The van der Waals surface area contributed by atoms with E-state index in [0.717, 1.165) is 38.5 Å². The predicted octanol–water partition coefficient (Wildman–Crippen LogP) is 7.83. The van der Waals surface area contributed by atoms with Gasteiger partial charge in [-0.2, -0.15) is 0 Å². The number of hydrogen-bond acceptors (Lipinski definition) is 4. The van der Waals surface area contributed by atoms with Crippen molar-refractivity contribution in [2.75, 3.05) is 7.11 Å². The van der Waals surface area contributed by atoms with Crippen molar-refractivity contribution in [3.05, 3.63) is 0 Å². The van der Waals surface area contributed by atoms with Crippen LogP contribution in [0.2, 0.25) is 0 Å². The number of fused-ring (bicyclic) bond motifs is 7. The van der Waals surface area contributed by atoms with Crippen molar-refractivity contribution in [3.8, 4) is 0 Å². The number of rotatable bonds is 2. The summed E-state index contributed by atoms with van der Waals surface area (Å²) in [6, 6.07) is 0. The molecule has 0 saturated heterocycles. The Balaban J connectivity index is 1.52. The van der Waals surface area contributed by atoms with E-state index in [9.17, 15) is 9.59 Å². The average molecular weight is 515 g/mol. The minimum atomic E-state index is -0.279. The molecule has 0 aromatic carbocycles. The number of carbonyl (C=O) groups excluding carboxylic acids is 2. The number of carbonyl (C=O) groups is 2. The zero-order valence-corrected chi connectivity index (χ0v) is 25.2. The van der Waals surface area contributed by atoms with Crippen LogP contribution in [0.1, 0.15) is 120 Å². The molecule has 0 radical (unpaired) electrons. The highest BCUT2D eigenvalue weighted by molar-refractivity contribution is 5.77. The summed E-state index contributed by atoms with van der Waals surface area (Å²) in [6.07, 6.45) is 11.5. The van der Waals surface area contributed by atoms with Gasteiger partial charge in [0.2, 0.25) is 0 Å². The molecule has 5 rings (SSSR count). The second-order valence-corrected chi connectivity index (χ2v) is 15.7. The Kier molecular flexibility index (Phi) is 6.48. The van der Waals surface area contributed by atoms with E-state index in [1.165, 1.54) is 25.7 Å². The highest BCUT2D eigenvalue weighted by Crippen LogP contribution is 2.77. The lowest BCUT2D eigenvalue weighted by atomic mass is 9.31. The lowest BCUT2D eigenvalue weighted by molar-refractivity contribution is -0.260. The van der Waals surface area contributed by atoms with Gasteiger partial charge in [0.05, 0.1) is 12.5 Å². The third kappa shape index (κ3) is 3.51. The zero-order chi connectivity index (χ0) is 27.2. The first-order chi connectivity index (χ1) is 17.2. The maximum atomic E-state index is 13.5. The molecule has 4 unspecified atom stereocenters. The quantitative estimate of drug-likeness (QED) is 0.352. The number of ether oxygens (including phenoxy) is 2. The van der Waals surface area contributed by atoms with Gasteiger partial charge in [0.1, 0.15) is 6.10 Å². The Bertz CT molecular complexity index is 941. The third-order valence-electron chi connectivity index (χ3n) is 14.4. The summed E-state index contributed by atoms with van der Waals surface area (Å²) in [5, 5.41) is 0. The van der Waals surface area contributed by atoms with E-state index in [0.29, 0.717) is 35.5 Å². The normalized spacial score (nSPS) is 52.5. The first-order valence-electron chi connectivity index (χ1n) is 15.4. The highest BCUT2D eigenvalue weighted by atomic mass is 16.5. The first-order valence-corrected chi connectivity index (χ1v) is 15.4. The maximum absolute atomic E-state index is 13.5. The second-order valence-electron chi connectivity index (χ2n) is 15.7. The van der Waals surface area contributed by atoms with Gasteiger partial charge in [0.15, 0.2) is 0 Å². The molecule has 0 aromatic heterocycles. The minimum absolute atomic E-state index is 0.00231. The molecule has 37 heavy (non-hydrogen) atoms. The zero-order valence-electron chi connectivity index (χ0n) is 25.2. The Morgan fingerprint density at radius 1 is 0.757 bits per heavy atom. The Morgan fingerprint density at radius 3 is 2.11 bits per heavy atom. The fourth-order valence-electron chi connectivity index (χ4n) is 12.2. The van der Waals surface area contributed by atoms with Gasteiger partial charge in [-0.25, -0.2) is 0 Å². The van der Waals surface area contributed by atoms with Gasteiger partial charge in [-0.05, 0) is 116 Å². The van der Waals surface area contributed by atoms with Crippen molar-refractivity contribution in [2.24, 2.45) is 62.6 Å². The monoisotopic (exact) mass is 514 g/mol. The molecule has 0 spiro atoms. The van der Waals surface area contributed by atoms with Gasteiger partial charge in [-0.3, -0.25) is 9.59 Å². The summed E-state index contributed by atoms with van der Waals surface area (Å²) in [6.45, 7) is 19.1. The molecule has 4 nitrogen and oxygen atoms in total. The van der Waals surface area contributed by atoms with E-state index in [-0.39, 0.29) is 45.1 Å². The van der Waals surface area contributed by atoms with Crippen LogP contribution in [-0.2, 0) is 19.1 Å². The molecule has 0 heterocycles. The summed E-state index contributed by atoms with van der Waals surface area (Å²) in [5.41, 5.74) is 0.503. The van der Waals surface area contributed by atoms with E-state index >= 15 is 0 Å². The van der Waals surface area contributed by atoms with Crippen LogP contribution in [0, 0.1) is 62.6 Å². The lowest BCUT2D eigenvalue weighted by Gasteiger charge is -2.73. The molecule has 4 heteroatoms. The standard InChI is InChI=1S/C33H54O4/c1-20-12-17-33(28(35)36-9)19-18-31(7)23(27(33)21(20)2)10-11-25-30(6)15-14-26(37-22(3)34)29(4,5)24(30)13-16-32(25,31)8/h20-21,23-27H,10-19H2,1-9H3/t20-,21+,23?,24+,25-,26?,27?,30+,31-,32-,33?/m1/s1. The minimum Gasteiger partial charge on any atom is -0.469 e. The van der Waals surface area contributed by atoms with Gasteiger partial charge in [-0.15, -0.1) is 0 Å². The summed E-state index contributed by atoms with van der Waals surface area (Å²) in [4.78, 5) is 25.4. The van der Waals surface area contributed by atoms with Crippen LogP contribution in [-0.4, -0.2) is 25.2 Å². The fourth-order valence-corrected chi connectivity index (χ4v) is 12.2. The van der Waals surface area contributed by atoms with Crippen LogP contribution in [0.5, 0.6) is 0 Å². The molecule has 0 amide bonds. The molecule has 0 aromatic rings. The van der Waals surface area contributed by atoms with Gasteiger partial charge >= 0.3 is 11.9 Å². The van der Waals surface area contributed by atoms with Crippen LogP contribution < -0.4 is 0 Å². The van der Waals surface area contributed by atoms with Gasteiger partial charge in [0.25, 0.3) is 0 Å². The predicted molar refractivity (Wildman–Crippen MR) is 147 cm³/mol. The van der Waals surface area contributed by atoms with Crippen LogP contribution in [0.15, 0.2) is 0 Å². The molecule has 5 aliphatic rings. The van der Waals surface area contributed by atoms with Gasteiger partial charge < -0.3 is 9.47 Å². The number of esters is 2. The average Bonchev–Trinajstić information content (AvgIpc) is 2.83. The number of hydrogen-bond donors (Lipinski definition) is 0. The van der Waals surface area contributed by atoms with Gasteiger partial charge in [0, 0.05) is 12.3 Å². The smallest absolute Gasteiger partial charge is 0.312 e. The summed E-state index contributed by atoms with van der Waals surface area (Å²) in [5.74, 6) is 3.44. The van der Waals surface area contributed by atoms with E-state index in [2.05, 4.69) is 48.5 Å². The molecule has 0 bridgehead atoms. The lowest BCUT2D eigenvalue weighted by Crippen LogP contribution is -2.68. The van der Waals surface area contributed by atoms with Crippen molar-refractivity contribution in [2.45, 2.75) is 126 Å². The van der Waals surface area contributed by atoms with Crippen LogP contribution in [0.25, 0.3) is 0 Å². The Hall–Kier alpha value is -1.06. The van der Waals surface area contributed by atoms with Crippen LogP contribution in [0.3, 0.4) is 0 Å². The molecule has 5 fully saturated rings. The topological polar surface area (TPSA) is 52.6 Å². The molecular weight excluding hydrogens is 460 g/mol. The van der Waals surface area contributed by atoms with E-state index in [4.69, 9.17) is 9.47 Å². The third-order valence-corrected chi connectivity index (χ3v) is 14.4. The molecule has 5 saturated carbocycles. The first kappa shape index (κ1) is 27.5. The van der Waals surface area contributed by atoms with E-state index in [1.54, 1.807) is 14.0 Å². The van der Waals surface area contributed by atoms with Crippen molar-refractivity contribution in [1.82, 2.24) is 0 Å². The van der Waals surface area contributed by atoms with Crippen LogP contribution in [0.4, 0.5) is 0 Å². The summed E-state index contributed by atoms with van der Waals surface area (Å²) < 4.78 is 11.5. The largest absolute Gasteiger partial charge is 0.469 e. The summed E-state index contributed by atoms with van der Waals surface area (Å²) >= 11 is 0. The molecule has 11 atom stereocenters. The molecule has 0 aliphatic heterocycles. The Morgan fingerprint density at radius 2 is 1.46 bits per heavy atom. The Labute approximate surface area is 226 Å². The molecule has 0 N–H and O–H groups in total. The van der Waals surface area contributed by atoms with Gasteiger partial charge in [-0.1, -0.05) is 48.5 Å². The molecule has 210 valence electrons.